The Bertz CT molecular complexity index is 1400. The maximum atomic E-state index is 13.0. The van der Waals surface area contributed by atoms with E-state index in [9.17, 15) is 14.4 Å². The Balaban J connectivity index is 1.44. The van der Waals surface area contributed by atoms with Gasteiger partial charge in [-0.05, 0) is 40.8 Å². The number of esters is 1. The van der Waals surface area contributed by atoms with Gasteiger partial charge in [0.05, 0.1) is 12.0 Å². The van der Waals surface area contributed by atoms with Crippen LogP contribution in [0.25, 0.3) is 21.2 Å². The summed E-state index contributed by atoms with van der Waals surface area (Å²) in [6.07, 6.45) is 0.120. The van der Waals surface area contributed by atoms with Gasteiger partial charge < -0.3 is 20.1 Å². The van der Waals surface area contributed by atoms with Gasteiger partial charge in [0.25, 0.3) is 5.91 Å². The molecule has 1 unspecified atom stereocenters. The van der Waals surface area contributed by atoms with Crippen LogP contribution >= 0.6 is 11.3 Å². The summed E-state index contributed by atoms with van der Waals surface area (Å²) in [6.45, 7) is 2.03. The molecule has 2 N–H and O–H groups in total. The van der Waals surface area contributed by atoms with Crippen molar-refractivity contribution in [1.82, 2.24) is 10.6 Å². The number of carbonyl (C=O) groups is 3. The fourth-order valence-electron chi connectivity index (χ4n) is 4.02. The van der Waals surface area contributed by atoms with Crippen LogP contribution in [0.1, 0.15) is 27.7 Å². The molecule has 0 bridgehead atoms. The lowest BCUT2D eigenvalue weighted by Gasteiger charge is -2.17. The monoisotopic (exact) mass is 516 g/mol. The Labute approximate surface area is 219 Å². The molecule has 0 spiro atoms. The number of amides is 2. The van der Waals surface area contributed by atoms with Crippen LogP contribution in [-0.4, -0.2) is 37.7 Å². The number of carbonyl (C=O) groups excluding carboxylic acids is 3. The standard InChI is InChI=1S/C29H28N2O5S/c1-3-20-12-7-8-13-21(20)22-14-9-15-25-23(22)16-26(37-25)27(32)30-17-24(28(33)35-2)31-29(34)36-18-19-10-5-4-6-11-19/h4-16,24H,3,17-18H2,1-2H3,(H,30,32)(H,31,34). The van der Waals surface area contributed by atoms with Crippen LogP contribution in [0, 0.1) is 0 Å². The summed E-state index contributed by atoms with van der Waals surface area (Å²) in [7, 11) is 1.22. The van der Waals surface area contributed by atoms with E-state index in [4.69, 9.17) is 9.47 Å². The molecule has 0 aliphatic carbocycles. The Kier molecular flexibility index (Phi) is 8.53. The summed E-state index contributed by atoms with van der Waals surface area (Å²) in [4.78, 5) is 38.0. The Morgan fingerprint density at radius 2 is 1.65 bits per heavy atom. The molecule has 1 aromatic heterocycles. The first kappa shape index (κ1) is 25.9. The zero-order chi connectivity index (χ0) is 26.2. The van der Waals surface area contributed by atoms with Crippen LogP contribution in [0.15, 0.2) is 78.9 Å². The number of benzene rings is 3. The number of methoxy groups -OCH3 is 1. The minimum atomic E-state index is -1.10. The quantitative estimate of drug-likeness (QED) is 0.293. The van der Waals surface area contributed by atoms with E-state index in [-0.39, 0.29) is 19.1 Å². The van der Waals surface area contributed by atoms with E-state index in [1.165, 1.54) is 24.0 Å². The van der Waals surface area contributed by atoms with Crippen molar-refractivity contribution < 1.29 is 23.9 Å². The second kappa shape index (κ2) is 12.2. The summed E-state index contributed by atoms with van der Waals surface area (Å²) in [5.41, 5.74) is 4.26. The lowest BCUT2D eigenvalue weighted by atomic mass is 9.96. The van der Waals surface area contributed by atoms with Crippen molar-refractivity contribution in [3.05, 3.63) is 94.9 Å². The van der Waals surface area contributed by atoms with Crippen molar-refractivity contribution >= 4 is 39.4 Å². The molecule has 7 nitrogen and oxygen atoms in total. The topological polar surface area (TPSA) is 93.7 Å². The maximum absolute atomic E-state index is 13.0. The SMILES string of the molecule is CCc1ccccc1-c1cccc2sc(C(=O)NCC(NC(=O)OCc3ccccc3)C(=O)OC)cc12. The highest BCUT2D eigenvalue weighted by Gasteiger charge is 2.24. The molecule has 4 aromatic rings. The maximum Gasteiger partial charge on any atom is 0.408 e. The number of ether oxygens (including phenoxy) is 2. The Morgan fingerprint density at radius 3 is 2.41 bits per heavy atom. The van der Waals surface area contributed by atoms with Gasteiger partial charge in [-0.2, -0.15) is 0 Å². The van der Waals surface area contributed by atoms with Crippen LogP contribution in [0.2, 0.25) is 0 Å². The zero-order valence-corrected chi connectivity index (χ0v) is 21.5. The van der Waals surface area contributed by atoms with Crippen LogP contribution in [0.5, 0.6) is 0 Å². The van der Waals surface area contributed by atoms with Gasteiger partial charge in [-0.15, -0.1) is 11.3 Å². The van der Waals surface area contributed by atoms with Gasteiger partial charge in [0, 0.05) is 16.6 Å². The fourth-order valence-corrected chi connectivity index (χ4v) is 5.03. The van der Waals surface area contributed by atoms with Crippen LogP contribution < -0.4 is 10.6 Å². The fraction of sp³-hybridized carbons (Fsp3) is 0.207. The van der Waals surface area contributed by atoms with Crippen molar-refractivity contribution in [1.29, 1.82) is 0 Å². The van der Waals surface area contributed by atoms with E-state index in [1.807, 2.05) is 60.7 Å². The van der Waals surface area contributed by atoms with Crippen LogP contribution in [-0.2, 0) is 27.3 Å². The van der Waals surface area contributed by atoms with Crippen LogP contribution in [0.4, 0.5) is 4.79 Å². The van der Waals surface area contributed by atoms with E-state index in [1.54, 1.807) is 0 Å². The van der Waals surface area contributed by atoms with Gasteiger partial charge in [0.15, 0.2) is 0 Å². The lowest BCUT2D eigenvalue weighted by Crippen LogP contribution is -2.49. The Morgan fingerprint density at radius 1 is 0.919 bits per heavy atom. The first-order valence-electron chi connectivity index (χ1n) is 11.9. The third kappa shape index (κ3) is 6.34. The number of rotatable bonds is 9. The van der Waals surface area contributed by atoms with E-state index >= 15 is 0 Å². The zero-order valence-electron chi connectivity index (χ0n) is 20.7. The molecule has 37 heavy (non-hydrogen) atoms. The van der Waals surface area contributed by atoms with Crippen molar-refractivity contribution in [3.8, 4) is 11.1 Å². The summed E-state index contributed by atoms with van der Waals surface area (Å²) in [6, 6.07) is 24.2. The number of nitrogens with one attached hydrogen (secondary N) is 2. The lowest BCUT2D eigenvalue weighted by molar-refractivity contribution is -0.142. The number of aryl methyl sites for hydroxylation is 1. The minimum Gasteiger partial charge on any atom is -0.467 e. The summed E-state index contributed by atoms with van der Waals surface area (Å²) in [5.74, 6) is -1.03. The molecule has 0 aliphatic heterocycles. The predicted octanol–water partition coefficient (Wildman–Crippen LogP) is 5.33. The predicted molar refractivity (Wildman–Crippen MR) is 145 cm³/mol. The van der Waals surface area contributed by atoms with Crippen molar-refractivity contribution in [2.45, 2.75) is 26.0 Å². The highest BCUT2D eigenvalue weighted by Crippen LogP contribution is 2.35. The van der Waals surface area contributed by atoms with E-state index in [0.29, 0.717) is 4.88 Å². The van der Waals surface area contributed by atoms with Gasteiger partial charge in [-0.25, -0.2) is 9.59 Å². The summed E-state index contributed by atoms with van der Waals surface area (Å²) < 4.78 is 11.0. The molecule has 3 aromatic carbocycles. The van der Waals surface area contributed by atoms with Gasteiger partial charge in [0.2, 0.25) is 0 Å². The molecule has 8 heteroatoms. The normalized spacial score (nSPS) is 11.5. The molecule has 0 saturated carbocycles. The Hall–Kier alpha value is -4.17. The highest BCUT2D eigenvalue weighted by atomic mass is 32.1. The van der Waals surface area contributed by atoms with Crippen LogP contribution in [0.3, 0.4) is 0 Å². The number of hydrogen-bond donors (Lipinski definition) is 2. The third-order valence-corrected chi connectivity index (χ3v) is 7.03. The molecular weight excluding hydrogens is 488 g/mol. The second-order valence-electron chi connectivity index (χ2n) is 8.33. The number of thiophene rings is 1. The van der Waals surface area contributed by atoms with Gasteiger partial charge >= 0.3 is 12.1 Å². The van der Waals surface area contributed by atoms with E-state index in [2.05, 4.69) is 35.8 Å². The van der Waals surface area contributed by atoms with E-state index < -0.39 is 18.1 Å². The summed E-state index contributed by atoms with van der Waals surface area (Å²) >= 11 is 1.37. The molecule has 1 heterocycles. The first-order valence-corrected chi connectivity index (χ1v) is 12.8. The molecule has 1 atom stereocenters. The first-order chi connectivity index (χ1) is 18.0. The molecule has 0 saturated heterocycles. The van der Waals surface area contributed by atoms with E-state index in [0.717, 1.165) is 33.2 Å². The average molecular weight is 517 g/mol. The number of alkyl carbamates (subject to hydrolysis) is 1. The molecule has 2 amide bonds. The molecular formula is C29H28N2O5S. The van der Waals surface area contributed by atoms with Gasteiger partial charge in [-0.1, -0.05) is 73.7 Å². The molecule has 0 aliphatic rings. The number of hydrogen-bond acceptors (Lipinski definition) is 6. The largest absolute Gasteiger partial charge is 0.467 e. The minimum absolute atomic E-state index is 0.0538. The van der Waals surface area contributed by atoms with Crippen molar-refractivity contribution in [3.63, 3.8) is 0 Å². The third-order valence-electron chi connectivity index (χ3n) is 5.93. The molecule has 0 radical (unpaired) electrons. The van der Waals surface area contributed by atoms with Gasteiger partial charge in [0.1, 0.15) is 12.6 Å². The average Bonchev–Trinajstić information content (AvgIpc) is 3.39. The molecule has 190 valence electrons. The highest BCUT2D eigenvalue weighted by molar-refractivity contribution is 7.20. The molecule has 4 rings (SSSR count). The molecule has 0 fully saturated rings. The van der Waals surface area contributed by atoms with Crippen molar-refractivity contribution in [2.24, 2.45) is 0 Å². The van der Waals surface area contributed by atoms with Gasteiger partial charge in [-0.3, -0.25) is 4.79 Å². The smallest absolute Gasteiger partial charge is 0.408 e. The number of fused-ring (bicyclic) bond motifs is 1. The summed E-state index contributed by atoms with van der Waals surface area (Å²) in [5, 5.41) is 6.20. The van der Waals surface area contributed by atoms with Crippen molar-refractivity contribution in [2.75, 3.05) is 13.7 Å². The second-order valence-corrected chi connectivity index (χ2v) is 9.41.